The highest BCUT2D eigenvalue weighted by atomic mass is 32.2. The van der Waals surface area contributed by atoms with Crippen molar-refractivity contribution in [3.8, 4) is 0 Å². The molecule has 0 amide bonds. The van der Waals surface area contributed by atoms with Gasteiger partial charge in [0.15, 0.2) is 0 Å². The molecule has 19 heavy (non-hydrogen) atoms. The van der Waals surface area contributed by atoms with Crippen LogP contribution in [0.25, 0.3) is 0 Å². The third kappa shape index (κ3) is 6.88. The molecule has 0 saturated heterocycles. The van der Waals surface area contributed by atoms with E-state index in [9.17, 15) is 9.32 Å². The van der Waals surface area contributed by atoms with Crippen LogP contribution in [0.3, 0.4) is 0 Å². The van der Waals surface area contributed by atoms with Crippen LogP contribution in [0.1, 0.15) is 51.0 Å². The Morgan fingerprint density at radius 2 is 1.74 bits per heavy atom. The van der Waals surface area contributed by atoms with Gasteiger partial charge in [0.05, 0.1) is 22.7 Å². The second kappa shape index (κ2) is 9.27. The first-order valence-electron chi connectivity index (χ1n) is 7.26. The van der Waals surface area contributed by atoms with Crippen molar-refractivity contribution < 1.29 is 9.32 Å². The summed E-state index contributed by atoms with van der Waals surface area (Å²) in [7, 11) is -1.08. The molecule has 0 unspecified atom stereocenters. The van der Waals surface area contributed by atoms with Gasteiger partial charge in [-0.15, -0.1) is 0 Å². The Labute approximate surface area is 119 Å². The van der Waals surface area contributed by atoms with E-state index in [0.717, 1.165) is 23.3 Å². The number of aryl methyl sites for hydroxylation is 1. The summed E-state index contributed by atoms with van der Waals surface area (Å²) < 4.78 is 12.1. The molecule has 1 rings (SSSR count). The zero-order chi connectivity index (χ0) is 14.1. The molecule has 0 saturated carbocycles. The van der Waals surface area contributed by atoms with Crippen LogP contribution in [0.2, 0.25) is 0 Å². The maximum atomic E-state index is 12.1. The van der Waals surface area contributed by atoms with Gasteiger partial charge < -0.3 is 5.11 Å². The van der Waals surface area contributed by atoms with Crippen LogP contribution < -0.4 is 0 Å². The van der Waals surface area contributed by atoms with Gasteiger partial charge in [0, 0.05) is 4.90 Å². The summed E-state index contributed by atoms with van der Waals surface area (Å²) in [6.07, 6.45) is 6.27. The van der Waals surface area contributed by atoms with Crippen molar-refractivity contribution in [2.24, 2.45) is 0 Å². The topological polar surface area (TPSA) is 37.3 Å². The second-order valence-corrected chi connectivity index (χ2v) is 6.68. The molecule has 0 heterocycles. The van der Waals surface area contributed by atoms with Crippen molar-refractivity contribution in [3.63, 3.8) is 0 Å². The SMILES string of the molecule is CCCCCCC[C@H](O)C[S@@](=O)c1ccc(C)cc1. The summed E-state index contributed by atoms with van der Waals surface area (Å²) in [5, 5.41) is 9.90. The molecular formula is C16H26O2S. The van der Waals surface area contributed by atoms with Crippen LogP contribution in [-0.2, 0) is 10.8 Å². The first-order valence-corrected chi connectivity index (χ1v) is 8.58. The number of hydrogen-bond donors (Lipinski definition) is 1. The molecule has 108 valence electrons. The molecule has 0 fully saturated rings. The average Bonchev–Trinajstić information content (AvgIpc) is 2.39. The predicted molar refractivity (Wildman–Crippen MR) is 81.8 cm³/mol. The van der Waals surface area contributed by atoms with E-state index >= 15 is 0 Å². The van der Waals surface area contributed by atoms with Crippen LogP contribution >= 0.6 is 0 Å². The van der Waals surface area contributed by atoms with E-state index in [2.05, 4.69) is 6.92 Å². The molecule has 3 heteroatoms. The summed E-state index contributed by atoms with van der Waals surface area (Å²) in [6, 6.07) is 7.70. The Balaban J connectivity index is 2.26. The van der Waals surface area contributed by atoms with Crippen molar-refractivity contribution in [2.75, 3.05) is 5.75 Å². The lowest BCUT2D eigenvalue weighted by Crippen LogP contribution is -2.16. The van der Waals surface area contributed by atoms with E-state index in [1.807, 2.05) is 31.2 Å². The highest BCUT2D eigenvalue weighted by molar-refractivity contribution is 7.85. The Morgan fingerprint density at radius 3 is 2.37 bits per heavy atom. The highest BCUT2D eigenvalue weighted by Gasteiger charge is 2.11. The van der Waals surface area contributed by atoms with Crippen molar-refractivity contribution >= 4 is 10.8 Å². The van der Waals surface area contributed by atoms with Gasteiger partial charge in [-0.1, -0.05) is 56.7 Å². The molecule has 0 aliphatic heterocycles. The number of unbranched alkanes of at least 4 members (excludes halogenated alkanes) is 4. The van der Waals surface area contributed by atoms with E-state index in [1.54, 1.807) is 0 Å². The van der Waals surface area contributed by atoms with E-state index in [1.165, 1.54) is 25.7 Å². The molecule has 0 aliphatic carbocycles. The first kappa shape index (κ1) is 16.4. The molecule has 0 aromatic heterocycles. The van der Waals surface area contributed by atoms with E-state index in [-0.39, 0.29) is 0 Å². The third-order valence-electron chi connectivity index (χ3n) is 3.27. The lowest BCUT2D eigenvalue weighted by atomic mass is 10.1. The summed E-state index contributed by atoms with van der Waals surface area (Å²) in [5.41, 5.74) is 1.16. The average molecular weight is 282 g/mol. The van der Waals surface area contributed by atoms with Crippen LogP contribution in [0, 0.1) is 6.92 Å². The molecule has 2 atom stereocenters. The maximum Gasteiger partial charge on any atom is 0.0659 e. The van der Waals surface area contributed by atoms with Gasteiger partial charge in [-0.25, -0.2) is 0 Å². The van der Waals surface area contributed by atoms with E-state index in [0.29, 0.717) is 5.75 Å². The van der Waals surface area contributed by atoms with Crippen molar-refractivity contribution in [1.82, 2.24) is 0 Å². The van der Waals surface area contributed by atoms with Crippen LogP contribution in [0.4, 0.5) is 0 Å². The van der Waals surface area contributed by atoms with Crippen molar-refractivity contribution in [3.05, 3.63) is 29.8 Å². The molecule has 0 bridgehead atoms. The summed E-state index contributed by atoms with van der Waals surface area (Å²) in [5.74, 6) is 0.358. The molecule has 1 aromatic rings. The minimum Gasteiger partial charge on any atom is -0.392 e. The molecule has 0 aliphatic rings. The van der Waals surface area contributed by atoms with Gasteiger partial charge >= 0.3 is 0 Å². The number of rotatable bonds is 9. The standard InChI is InChI=1S/C16H26O2S/c1-3-4-5-6-7-8-15(17)13-19(18)16-11-9-14(2)10-12-16/h9-12,15,17H,3-8,13H2,1-2H3/t15-,19+/m0/s1. The normalized spacial score (nSPS) is 14.3. The Kier molecular flexibility index (Phi) is 7.99. The zero-order valence-corrected chi connectivity index (χ0v) is 12.9. The number of aliphatic hydroxyl groups is 1. The Morgan fingerprint density at radius 1 is 1.11 bits per heavy atom. The van der Waals surface area contributed by atoms with Crippen molar-refractivity contribution in [2.45, 2.75) is 63.4 Å². The lowest BCUT2D eigenvalue weighted by Gasteiger charge is -2.10. The van der Waals surface area contributed by atoms with Gasteiger partial charge in [-0.3, -0.25) is 4.21 Å². The molecule has 0 spiro atoms. The highest BCUT2D eigenvalue weighted by Crippen LogP contribution is 2.12. The van der Waals surface area contributed by atoms with Crippen LogP contribution in [-0.4, -0.2) is 21.2 Å². The second-order valence-electron chi connectivity index (χ2n) is 5.18. The van der Waals surface area contributed by atoms with Gasteiger partial charge in [0.1, 0.15) is 0 Å². The molecular weight excluding hydrogens is 256 g/mol. The van der Waals surface area contributed by atoms with Crippen LogP contribution in [0.15, 0.2) is 29.2 Å². The quantitative estimate of drug-likeness (QED) is 0.699. The largest absolute Gasteiger partial charge is 0.392 e. The maximum absolute atomic E-state index is 12.1. The number of benzene rings is 1. The molecule has 2 nitrogen and oxygen atoms in total. The summed E-state index contributed by atoms with van der Waals surface area (Å²) in [4.78, 5) is 0.815. The molecule has 1 aromatic carbocycles. The monoisotopic (exact) mass is 282 g/mol. The minimum atomic E-state index is -1.08. The Hall–Kier alpha value is -0.670. The van der Waals surface area contributed by atoms with Crippen molar-refractivity contribution in [1.29, 1.82) is 0 Å². The molecule has 0 radical (unpaired) electrons. The lowest BCUT2D eigenvalue weighted by molar-refractivity contribution is 0.184. The van der Waals surface area contributed by atoms with Gasteiger partial charge in [-0.2, -0.15) is 0 Å². The zero-order valence-electron chi connectivity index (χ0n) is 12.1. The fourth-order valence-electron chi connectivity index (χ4n) is 2.03. The van der Waals surface area contributed by atoms with Gasteiger partial charge in [-0.05, 0) is 25.5 Å². The summed E-state index contributed by atoms with van der Waals surface area (Å²) >= 11 is 0. The van der Waals surface area contributed by atoms with E-state index in [4.69, 9.17) is 0 Å². The first-order chi connectivity index (χ1) is 9.13. The predicted octanol–water partition coefficient (Wildman–Crippen LogP) is 3.82. The summed E-state index contributed by atoms with van der Waals surface area (Å²) in [6.45, 7) is 4.21. The third-order valence-corrected chi connectivity index (χ3v) is 4.75. The fraction of sp³-hybridized carbons (Fsp3) is 0.625. The van der Waals surface area contributed by atoms with Gasteiger partial charge in [0.25, 0.3) is 0 Å². The fourth-order valence-corrected chi connectivity index (χ4v) is 3.18. The smallest absolute Gasteiger partial charge is 0.0659 e. The van der Waals surface area contributed by atoms with E-state index < -0.39 is 16.9 Å². The molecule has 1 N–H and O–H groups in total. The minimum absolute atomic E-state index is 0.358. The van der Waals surface area contributed by atoms with Gasteiger partial charge in [0.2, 0.25) is 0 Å². The Bertz CT molecular complexity index is 373. The number of aliphatic hydroxyl groups excluding tert-OH is 1. The van der Waals surface area contributed by atoms with Crippen LogP contribution in [0.5, 0.6) is 0 Å². The number of hydrogen-bond acceptors (Lipinski definition) is 2.